The highest BCUT2D eigenvalue weighted by molar-refractivity contribution is 6.04. The number of para-hydroxylation sites is 1. The third-order valence-electron chi connectivity index (χ3n) is 4.28. The molecule has 2 nitrogen and oxygen atoms in total. The molecule has 0 bridgehead atoms. The summed E-state index contributed by atoms with van der Waals surface area (Å²) >= 11 is 0. The van der Waals surface area contributed by atoms with Gasteiger partial charge >= 0.3 is 0 Å². The van der Waals surface area contributed by atoms with Gasteiger partial charge in [0.2, 0.25) is 0 Å². The first kappa shape index (κ1) is 13.8. The van der Waals surface area contributed by atoms with Crippen LogP contribution in [0.15, 0.2) is 78.9 Å². The van der Waals surface area contributed by atoms with E-state index in [0.29, 0.717) is 12.2 Å². The Morgan fingerprint density at radius 3 is 2.22 bits per heavy atom. The molecule has 112 valence electrons. The summed E-state index contributed by atoms with van der Waals surface area (Å²) < 4.78 is 5.95. The molecule has 0 saturated carbocycles. The summed E-state index contributed by atoms with van der Waals surface area (Å²) in [7, 11) is 0. The van der Waals surface area contributed by atoms with Gasteiger partial charge < -0.3 is 4.74 Å². The number of fused-ring (bicyclic) bond motifs is 1. The maximum Gasteiger partial charge on any atom is 0.167 e. The number of carbonyl (C=O) groups is 1. The van der Waals surface area contributed by atoms with Crippen molar-refractivity contribution in [1.82, 2.24) is 0 Å². The SMILES string of the molecule is O=C1C[C@H](c2ccccc2)c2cccc(Oc3ccccc3)c21. The van der Waals surface area contributed by atoms with Crippen LogP contribution in [-0.4, -0.2) is 5.78 Å². The molecule has 23 heavy (non-hydrogen) atoms. The van der Waals surface area contributed by atoms with Crippen LogP contribution in [0.5, 0.6) is 11.5 Å². The average molecular weight is 300 g/mol. The van der Waals surface area contributed by atoms with Gasteiger partial charge in [-0.1, -0.05) is 60.7 Å². The Kier molecular flexibility index (Phi) is 3.43. The molecule has 0 saturated heterocycles. The van der Waals surface area contributed by atoms with Crippen LogP contribution in [0.25, 0.3) is 0 Å². The molecule has 0 unspecified atom stereocenters. The minimum Gasteiger partial charge on any atom is -0.457 e. The van der Waals surface area contributed by atoms with Gasteiger partial charge in [-0.05, 0) is 29.3 Å². The molecule has 0 heterocycles. The minimum atomic E-state index is 0.123. The van der Waals surface area contributed by atoms with Gasteiger partial charge in [0.15, 0.2) is 5.78 Å². The Balaban J connectivity index is 1.75. The van der Waals surface area contributed by atoms with Crippen molar-refractivity contribution in [2.24, 2.45) is 0 Å². The lowest BCUT2D eigenvalue weighted by molar-refractivity contribution is 0.0989. The summed E-state index contributed by atoms with van der Waals surface area (Å²) in [5.74, 6) is 1.67. The monoisotopic (exact) mass is 300 g/mol. The largest absolute Gasteiger partial charge is 0.457 e. The Morgan fingerprint density at radius 1 is 0.783 bits per heavy atom. The van der Waals surface area contributed by atoms with E-state index >= 15 is 0 Å². The third kappa shape index (κ3) is 2.53. The molecule has 0 fully saturated rings. The zero-order valence-corrected chi connectivity index (χ0v) is 12.6. The van der Waals surface area contributed by atoms with E-state index in [4.69, 9.17) is 4.74 Å². The van der Waals surface area contributed by atoms with Crippen molar-refractivity contribution in [1.29, 1.82) is 0 Å². The fourth-order valence-corrected chi connectivity index (χ4v) is 3.22. The van der Waals surface area contributed by atoms with Gasteiger partial charge in [-0.25, -0.2) is 0 Å². The summed E-state index contributed by atoms with van der Waals surface area (Å²) in [6.45, 7) is 0. The zero-order chi connectivity index (χ0) is 15.6. The van der Waals surface area contributed by atoms with Crippen LogP contribution in [0, 0.1) is 0 Å². The van der Waals surface area contributed by atoms with Gasteiger partial charge in [-0.2, -0.15) is 0 Å². The lowest BCUT2D eigenvalue weighted by Crippen LogP contribution is -1.96. The first-order valence-electron chi connectivity index (χ1n) is 7.77. The predicted molar refractivity (Wildman–Crippen MR) is 90.2 cm³/mol. The van der Waals surface area contributed by atoms with Gasteiger partial charge in [0, 0.05) is 12.3 Å². The van der Waals surface area contributed by atoms with E-state index in [9.17, 15) is 4.79 Å². The molecule has 0 radical (unpaired) electrons. The highest BCUT2D eigenvalue weighted by Gasteiger charge is 2.33. The second kappa shape index (κ2) is 5.73. The van der Waals surface area contributed by atoms with E-state index in [1.807, 2.05) is 66.7 Å². The third-order valence-corrected chi connectivity index (χ3v) is 4.28. The molecule has 0 aliphatic heterocycles. The van der Waals surface area contributed by atoms with Crippen molar-refractivity contribution >= 4 is 5.78 Å². The van der Waals surface area contributed by atoms with Crippen LogP contribution in [-0.2, 0) is 0 Å². The van der Waals surface area contributed by atoms with Gasteiger partial charge in [-0.15, -0.1) is 0 Å². The molecule has 3 aromatic carbocycles. The minimum absolute atomic E-state index is 0.123. The van der Waals surface area contributed by atoms with Crippen molar-refractivity contribution < 1.29 is 9.53 Å². The quantitative estimate of drug-likeness (QED) is 0.664. The highest BCUT2D eigenvalue weighted by Crippen LogP contribution is 2.42. The molecule has 3 aromatic rings. The van der Waals surface area contributed by atoms with Gasteiger partial charge in [0.1, 0.15) is 11.5 Å². The van der Waals surface area contributed by atoms with Crippen LogP contribution in [0.1, 0.15) is 33.8 Å². The van der Waals surface area contributed by atoms with Crippen molar-refractivity contribution in [3.8, 4) is 11.5 Å². The van der Waals surface area contributed by atoms with E-state index in [-0.39, 0.29) is 11.7 Å². The Labute approximate surface area is 135 Å². The number of ether oxygens (including phenoxy) is 1. The van der Waals surface area contributed by atoms with Crippen molar-refractivity contribution in [3.05, 3.63) is 95.6 Å². The van der Waals surface area contributed by atoms with E-state index in [1.54, 1.807) is 0 Å². The van der Waals surface area contributed by atoms with E-state index in [1.165, 1.54) is 5.56 Å². The fraction of sp³-hybridized carbons (Fsp3) is 0.0952. The summed E-state index contributed by atoms with van der Waals surface area (Å²) in [5, 5.41) is 0. The molecule has 1 atom stereocenters. The summed E-state index contributed by atoms with van der Waals surface area (Å²) in [6.07, 6.45) is 0.508. The molecule has 0 N–H and O–H groups in total. The molecular weight excluding hydrogens is 284 g/mol. The number of rotatable bonds is 3. The van der Waals surface area contributed by atoms with E-state index in [2.05, 4.69) is 12.1 Å². The average Bonchev–Trinajstić information content (AvgIpc) is 2.95. The maximum atomic E-state index is 12.6. The molecule has 0 amide bonds. The van der Waals surface area contributed by atoms with Gasteiger partial charge in [0.25, 0.3) is 0 Å². The highest BCUT2D eigenvalue weighted by atomic mass is 16.5. The van der Waals surface area contributed by atoms with Crippen LogP contribution in [0.4, 0.5) is 0 Å². The van der Waals surface area contributed by atoms with Gasteiger partial charge in [0.05, 0.1) is 5.56 Å². The molecular formula is C21H16O2. The van der Waals surface area contributed by atoms with Crippen LogP contribution in [0.2, 0.25) is 0 Å². The Hall–Kier alpha value is -2.87. The smallest absolute Gasteiger partial charge is 0.167 e. The fourth-order valence-electron chi connectivity index (χ4n) is 3.22. The van der Waals surface area contributed by atoms with E-state index < -0.39 is 0 Å². The number of hydrogen-bond acceptors (Lipinski definition) is 2. The molecule has 1 aliphatic carbocycles. The molecule has 2 heteroatoms. The van der Waals surface area contributed by atoms with Gasteiger partial charge in [-0.3, -0.25) is 4.79 Å². The van der Waals surface area contributed by atoms with Crippen molar-refractivity contribution in [2.75, 3.05) is 0 Å². The number of ketones is 1. The van der Waals surface area contributed by atoms with Crippen molar-refractivity contribution in [2.45, 2.75) is 12.3 Å². The second-order valence-electron chi connectivity index (χ2n) is 5.73. The Morgan fingerprint density at radius 2 is 1.48 bits per heavy atom. The second-order valence-corrected chi connectivity index (χ2v) is 5.73. The lowest BCUT2D eigenvalue weighted by atomic mass is 9.93. The number of carbonyl (C=O) groups excluding carboxylic acids is 1. The summed E-state index contributed by atoms with van der Waals surface area (Å²) in [6, 6.07) is 25.6. The molecule has 1 aliphatic rings. The Bertz CT molecular complexity index is 838. The molecule has 0 spiro atoms. The lowest BCUT2D eigenvalue weighted by Gasteiger charge is -2.13. The first-order valence-corrected chi connectivity index (χ1v) is 7.77. The van der Waals surface area contributed by atoms with Crippen LogP contribution >= 0.6 is 0 Å². The van der Waals surface area contributed by atoms with Crippen molar-refractivity contribution in [3.63, 3.8) is 0 Å². The normalized spacial score (nSPS) is 16.2. The topological polar surface area (TPSA) is 26.3 Å². The molecule has 4 rings (SSSR count). The number of Topliss-reactive ketones (excluding diaryl/α,β-unsaturated/α-hetero) is 1. The van der Waals surface area contributed by atoms with Crippen LogP contribution < -0.4 is 4.74 Å². The summed E-state index contributed by atoms with van der Waals surface area (Å²) in [5.41, 5.74) is 2.97. The molecule has 0 aromatic heterocycles. The first-order chi connectivity index (χ1) is 11.3. The number of benzene rings is 3. The number of hydrogen-bond donors (Lipinski definition) is 0. The zero-order valence-electron chi connectivity index (χ0n) is 12.6. The van der Waals surface area contributed by atoms with Crippen LogP contribution in [0.3, 0.4) is 0 Å². The van der Waals surface area contributed by atoms with E-state index in [0.717, 1.165) is 16.9 Å². The predicted octanol–water partition coefficient (Wildman–Crippen LogP) is 5.20. The summed E-state index contributed by atoms with van der Waals surface area (Å²) in [4.78, 5) is 12.6. The standard InChI is InChI=1S/C21H16O2/c22-19-14-18(15-8-3-1-4-9-15)17-12-7-13-20(21(17)19)23-16-10-5-2-6-11-16/h1-13,18H,14H2/t18-/m1/s1. The maximum absolute atomic E-state index is 12.6.